The van der Waals surface area contributed by atoms with Gasteiger partial charge in [-0.2, -0.15) is 0 Å². The average Bonchev–Trinajstić information content (AvgIpc) is 2.44. The van der Waals surface area contributed by atoms with Crippen LogP contribution in [0.1, 0.15) is 25.7 Å². The molecule has 0 heterocycles. The lowest BCUT2D eigenvalue weighted by Crippen LogP contribution is -2.07. The minimum Gasteiger partial charge on any atom is -0.756 e. The maximum atomic E-state index is 10.6. The van der Waals surface area contributed by atoms with Crippen molar-refractivity contribution >= 4 is 7.82 Å². The number of unbranched alkanes of at least 4 members (excludes halogenated alkanes) is 3. The maximum absolute atomic E-state index is 10.6. The number of hydrogen-bond donors (Lipinski definition) is 2. The standard InChI is InChI=1S/C7H17O5P.C6H2O/c1-11-13(9,10)12-7-5-3-2-4-6-8;1-2-3-4-5-6-7/h8H,2-7H2,1H3,(H,9,10);1,7H/p-1. The number of phosphoric ester groups is 1. The third-order valence-electron chi connectivity index (χ3n) is 1.78. The van der Waals surface area contributed by atoms with Crippen LogP contribution in [-0.4, -0.2) is 30.5 Å². The van der Waals surface area contributed by atoms with Gasteiger partial charge in [-0.25, -0.2) is 0 Å². The Morgan fingerprint density at radius 3 is 2.35 bits per heavy atom. The Morgan fingerprint density at radius 1 is 1.20 bits per heavy atom. The summed E-state index contributed by atoms with van der Waals surface area (Å²) in [5.41, 5.74) is 0. The Balaban J connectivity index is 0. The smallest absolute Gasteiger partial charge is 0.267 e. The van der Waals surface area contributed by atoms with Crippen molar-refractivity contribution in [2.75, 3.05) is 20.3 Å². The van der Waals surface area contributed by atoms with Crippen LogP contribution in [0.3, 0.4) is 0 Å². The SMILES string of the molecule is C#CC#CC#CO.COP(=O)([O-])OCCCCCCO. The van der Waals surface area contributed by atoms with E-state index in [0.717, 1.165) is 26.4 Å². The number of terminal acetylenes is 1. The number of hydrogen-bond acceptors (Lipinski definition) is 6. The molecule has 0 aliphatic heterocycles. The van der Waals surface area contributed by atoms with Crippen LogP contribution < -0.4 is 4.89 Å². The van der Waals surface area contributed by atoms with Gasteiger partial charge in [0.25, 0.3) is 7.82 Å². The summed E-state index contributed by atoms with van der Waals surface area (Å²) < 4.78 is 19.2. The number of aliphatic hydroxyl groups is 2. The molecule has 0 saturated heterocycles. The van der Waals surface area contributed by atoms with E-state index in [9.17, 15) is 9.46 Å². The molecule has 1 atom stereocenters. The van der Waals surface area contributed by atoms with E-state index in [1.807, 2.05) is 5.92 Å². The van der Waals surface area contributed by atoms with Gasteiger partial charge in [-0.3, -0.25) is 4.57 Å². The van der Waals surface area contributed by atoms with Crippen LogP contribution >= 0.6 is 7.82 Å². The summed E-state index contributed by atoms with van der Waals surface area (Å²) in [4.78, 5) is 10.6. The topological polar surface area (TPSA) is 99.1 Å². The van der Waals surface area contributed by atoms with E-state index in [2.05, 4.69) is 26.8 Å². The van der Waals surface area contributed by atoms with Gasteiger partial charge in [0.2, 0.25) is 0 Å². The molecule has 0 aliphatic carbocycles. The summed E-state index contributed by atoms with van der Waals surface area (Å²) in [7, 11) is -2.96. The minimum atomic E-state index is -4.03. The van der Waals surface area contributed by atoms with Gasteiger partial charge in [0, 0.05) is 25.6 Å². The summed E-state index contributed by atoms with van der Waals surface area (Å²) in [6.45, 7) is 0.332. The van der Waals surface area contributed by atoms with Crippen molar-refractivity contribution in [3.05, 3.63) is 0 Å². The van der Waals surface area contributed by atoms with Crippen molar-refractivity contribution in [1.29, 1.82) is 0 Å². The molecule has 20 heavy (non-hydrogen) atoms. The van der Waals surface area contributed by atoms with Crippen LogP contribution in [0, 0.1) is 36.2 Å². The van der Waals surface area contributed by atoms with Crippen molar-refractivity contribution < 1.29 is 28.7 Å². The lowest BCUT2D eigenvalue weighted by atomic mass is 10.2. The second-order valence-corrected chi connectivity index (χ2v) is 4.75. The van der Waals surface area contributed by atoms with E-state index in [4.69, 9.17) is 16.6 Å². The Kier molecular flexibility index (Phi) is 16.3. The molecule has 0 radical (unpaired) electrons. The molecule has 0 bridgehead atoms. The Hall–Kier alpha value is -1.45. The quantitative estimate of drug-likeness (QED) is 0.387. The Labute approximate surface area is 119 Å². The summed E-state index contributed by atoms with van der Waals surface area (Å²) in [6.07, 6.45) is 9.43. The molecular weight excluding hydrogens is 283 g/mol. The summed E-state index contributed by atoms with van der Waals surface area (Å²) in [5.74, 6) is 8.46. The first kappa shape index (κ1) is 20.9. The Bertz CT molecular complexity index is 432. The number of rotatable bonds is 8. The molecule has 0 amide bonds. The molecular formula is C13H18O6P-. The van der Waals surface area contributed by atoms with Gasteiger partial charge in [-0.1, -0.05) is 12.8 Å². The monoisotopic (exact) mass is 301 g/mol. The fourth-order valence-electron chi connectivity index (χ4n) is 0.892. The zero-order valence-corrected chi connectivity index (χ0v) is 12.2. The van der Waals surface area contributed by atoms with E-state index in [1.165, 1.54) is 0 Å². The zero-order valence-electron chi connectivity index (χ0n) is 11.3. The molecule has 1 unspecified atom stereocenters. The molecule has 0 saturated carbocycles. The van der Waals surface area contributed by atoms with Crippen molar-refractivity contribution in [1.82, 2.24) is 0 Å². The second kappa shape index (κ2) is 15.6. The van der Waals surface area contributed by atoms with Gasteiger partial charge in [0.05, 0.1) is 6.61 Å². The predicted octanol–water partition coefficient (Wildman–Crippen LogP) is 0.627. The third kappa shape index (κ3) is 18.9. The first-order valence-corrected chi connectivity index (χ1v) is 7.22. The number of phosphoric acid groups is 1. The van der Waals surface area contributed by atoms with Crippen LogP contribution in [0.4, 0.5) is 0 Å². The molecule has 0 aromatic rings. The molecule has 0 aliphatic rings. The van der Waals surface area contributed by atoms with E-state index in [0.29, 0.717) is 6.42 Å². The van der Waals surface area contributed by atoms with E-state index >= 15 is 0 Å². The first-order valence-electron chi connectivity index (χ1n) is 5.76. The van der Waals surface area contributed by atoms with Crippen LogP contribution in [0.25, 0.3) is 0 Å². The van der Waals surface area contributed by atoms with Crippen LogP contribution in [0.2, 0.25) is 0 Å². The van der Waals surface area contributed by atoms with Gasteiger partial charge >= 0.3 is 0 Å². The summed E-state index contributed by atoms with van der Waals surface area (Å²) >= 11 is 0. The highest BCUT2D eigenvalue weighted by atomic mass is 31.2. The third-order valence-corrected chi connectivity index (χ3v) is 2.72. The van der Waals surface area contributed by atoms with Crippen molar-refractivity contribution in [2.45, 2.75) is 25.7 Å². The molecule has 6 nitrogen and oxygen atoms in total. The van der Waals surface area contributed by atoms with Crippen LogP contribution in [0.15, 0.2) is 0 Å². The van der Waals surface area contributed by atoms with E-state index in [-0.39, 0.29) is 13.2 Å². The van der Waals surface area contributed by atoms with Gasteiger partial charge < -0.3 is 24.2 Å². The highest BCUT2D eigenvalue weighted by Gasteiger charge is 2.04. The van der Waals surface area contributed by atoms with Gasteiger partial charge in [0.1, 0.15) is 6.11 Å². The van der Waals surface area contributed by atoms with Gasteiger partial charge in [0.15, 0.2) is 0 Å². The molecule has 0 spiro atoms. The predicted molar refractivity (Wildman–Crippen MR) is 72.4 cm³/mol. The van der Waals surface area contributed by atoms with Crippen molar-refractivity contribution in [3.63, 3.8) is 0 Å². The van der Waals surface area contributed by atoms with Crippen molar-refractivity contribution in [2.24, 2.45) is 0 Å². The lowest BCUT2D eigenvalue weighted by molar-refractivity contribution is -0.223. The highest BCUT2D eigenvalue weighted by molar-refractivity contribution is 7.45. The van der Waals surface area contributed by atoms with E-state index in [1.54, 1.807) is 6.11 Å². The highest BCUT2D eigenvalue weighted by Crippen LogP contribution is 2.36. The fourth-order valence-corrected chi connectivity index (χ4v) is 1.35. The van der Waals surface area contributed by atoms with Crippen LogP contribution in [0.5, 0.6) is 0 Å². The maximum Gasteiger partial charge on any atom is 0.267 e. The first-order chi connectivity index (χ1) is 9.54. The zero-order chi connectivity index (χ0) is 15.7. The van der Waals surface area contributed by atoms with Gasteiger partial charge in [-0.05, 0) is 24.7 Å². The fraction of sp³-hybridized carbons (Fsp3) is 0.538. The largest absolute Gasteiger partial charge is 0.756 e. The van der Waals surface area contributed by atoms with Gasteiger partial charge in [-0.15, -0.1) is 6.42 Å². The molecule has 0 aromatic carbocycles. The molecule has 112 valence electrons. The summed E-state index contributed by atoms with van der Waals surface area (Å²) in [5, 5.41) is 16.2. The molecule has 7 heteroatoms. The lowest BCUT2D eigenvalue weighted by Gasteiger charge is -2.19. The van der Waals surface area contributed by atoms with E-state index < -0.39 is 7.82 Å². The molecule has 0 aromatic heterocycles. The normalized spacial score (nSPS) is 11.3. The molecule has 2 N–H and O–H groups in total. The van der Waals surface area contributed by atoms with Crippen molar-refractivity contribution in [3.8, 4) is 36.2 Å². The summed E-state index contributed by atoms with van der Waals surface area (Å²) in [6, 6.07) is 0. The molecule has 0 rings (SSSR count). The Morgan fingerprint density at radius 2 is 1.85 bits per heavy atom. The minimum absolute atomic E-state index is 0.153. The molecule has 0 fully saturated rings. The second-order valence-electron chi connectivity index (χ2n) is 3.23. The van der Waals surface area contributed by atoms with Crippen LogP contribution in [-0.2, 0) is 13.6 Å². The average molecular weight is 301 g/mol. The number of aliphatic hydroxyl groups excluding tert-OH is 2.